The van der Waals surface area contributed by atoms with Crippen LogP contribution in [-0.2, 0) is 6.54 Å². The molecule has 0 bridgehead atoms. The number of benzene rings is 1. The molecule has 1 fully saturated rings. The van der Waals surface area contributed by atoms with Crippen molar-refractivity contribution in [2.24, 2.45) is 5.92 Å². The lowest BCUT2D eigenvalue weighted by atomic mass is 9.88. The summed E-state index contributed by atoms with van der Waals surface area (Å²) in [7, 11) is 0. The number of hydrogen-bond acceptors (Lipinski definition) is 2. The SMILES string of the molecule is CCCNCc1cccc(Br)c1OC1CCCC(C)C1. The fourth-order valence-corrected chi connectivity index (χ4v) is 3.38. The van der Waals surface area contributed by atoms with Crippen molar-refractivity contribution in [2.45, 2.75) is 58.6 Å². The van der Waals surface area contributed by atoms with Crippen molar-refractivity contribution in [3.63, 3.8) is 0 Å². The molecule has 1 aromatic rings. The third-order valence-electron chi connectivity index (χ3n) is 3.96. The molecule has 0 spiro atoms. The molecule has 1 aliphatic carbocycles. The molecule has 2 nitrogen and oxygen atoms in total. The second-order valence-electron chi connectivity index (χ2n) is 5.92. The van der Waals surface area contributed by atoms with E-state index in [1.807, 2.05) is 0 Å². The lowest BCUT2D eigenvalue weighted by Crippen LogP contribution is -2.25. The summed E-state index contributed by atoms with van der Waals surface area (Å²) in [6.45, 7) is 6.45. The number of para-hydroxylation sites is 1. The highest BCUT2D eigenvalue weighted by molar-refractivity contribution is 9.10. The molecule has 2 unspecified atom stereocenters. The third kappa shape index (κ3) is 4.49. The van der Waals surface area contributed by atoms with Gasteiger partial charge in [0.1, 0.15) is 5.75 Å². The van der Waals surface area contributed by atoms with E-state index in [4.69, 9.17) is 4.74 Å². The van der Waals surface area contributed by atoms with Gasteiger partial charge in [-0.3, -0.25) is 0 Å². The first-order valence-corrected chi connectivity index (χ1v) is 8.64. The van der Waals surface area contributed by atoms with Gasteiger partial charge in [0, 0.05) is 12.1 Å². The molecule has 1 saturated carbocycles. The van der Waals surface area contributed by atoms with Crippen LogP contribution in [0, 0.1) is 5.92 Å². The normalized spacial score (nSPS) is 22.8. The average Bonchev–Trinajstić information content (AvgIpc) is 2.43. The van der Waals surface area contributed by atoms with Crippen LogP contribution in [-0.4, -0.2) is 12.6 Å². The van der Waals surface area contributed by atoms with Gasteiger partial charge in [-0.2, -0.15) is 0 Å². The summed E-state index contributed by atoms with van der Waals surface area (Å²) in [5, 5.41) is 3.46. The van der Waals surface area contributed by atoms with Gasteiger partial charge in [-0.05, 0) is 60.1 Å². The van der Waals surface area contributed by atoms with E-state index in [9.17, 15) is 0 Å². The van der Waals surface area contributed by atoms with Crippen LogP contribution in [0.3, 0.4) is 0 Å². The van der Waals surface area contributed by atoms with Crippen LogP contribution in [0.1, 0.15) is 51.5 Å². The molecule has 1 aliphatic rings. The highest BCUT2D eigenvalue weighted by Crippen LogP contribution is 2.34. The van der Waals surface area contributed by atoms with Crippen LogP contribution in [0.25, 0.3) is 0 Å². The Morgan fingerprint density at radius 3 is 2.95 bits per heavy atom. The standard InChI is InChI=1S/C17H26BrNO/c1-3-10-19-12-14-7-5-9-16(18)17(14)20-15-8-4-6-13(2)11-15/h5,7,9,13,15,19H,3-4,6,8,10-12H2,1-2H3. The Morgan fingerprint density at radius 2 is 2.20 bits per heavy atom. The van der Waals surface area contributed by atoms with Gasteiger partial charge < -0.3 is 10.1 Å². The van der Waals surface area contributed by atoms with Gasteiger partial charge in [-0.1, -0.05) is 32.4 Å². The fraction of sp³-hybridized carbons (Fsp3) is 0.647. The minimum Gasteiger partial charge on any atom is -0.489 e. The summed E-state index contributed by atoms with van der Waals surface area (Å²) in [6.07, 6.45) is 6.55. The molecule has 2 rings (SSSR count). The lowest BCUT2D eigenvalue weighted by Gasteiger charge is -2.28. The minimum absolute atomic E-state index is 0.377. The molecule has 0 amide bonds. The van der Waals surface area contributed by atoms with Gasteiger partial charge >= 0.3 is 0 Å². The zero-order chi connectivity index (χ0) is 14.4. The average molecular weight is 340 g/mol. The van der Waals surface area contributed by atoms with Crippen molar-refractivity contribution < 1.29 is 4.74 Å². The van der Waals surface area contributed by atoms with Gasteiger partial charge in [-0.15, -0.1) is 0 Å². The van der Waals surface area contributed by atoms with Crippen molar-refractivity contribution >= 4 is 15.9 Å². The summed E-state index contributed by atoms with van der Waals surface area (Å²) in [5.41, 5.74) is 1.26. The van der Waals surface area contributed by atoms with Crippen LogP contribution in [0.5, 0.6) is 5.75 Å². The summed E-state index contributed by atoms with van der Waals surface area (Å²) in [6, 6.07) is 6.32. The number of halogens is 1. The van der Waals surface area contributed by atoms with Crippen molar-refractivity contribution in [1.29, 1.82) is 0 Å². The molecule has 0 saturated heterocycles. The Labute approximate surface area is 131 Å². The Bertz CT molecular complexity index is 421. The smallest absolute Gasteiger partial charge is 0.138 e. The molecule has 1 N–H and O–H groups in total. The molecule has 0 aromatic heterocycles. The highest BCUT2D eigenvalue weighted by Gasteiger charge is 2.22. The van der Waals surface area contributed by atoms with Gasteiger partial charge in [0.15, 0.2) is 0 Å². The Balaban J connectivity index is 2.04. The van der Waals surface area contributed by atoms with Crippen molar-refractivity contribution in [2.75, 3.05) is 6.54 Å². The summed E-state index contributed by atoms with van der Waals surface area (Å²) >= 11 is 3.65. The Kier molecular flexibility index (Phi) is 6.37. The maximum atomic E-state index is 6.33. The molecule has 0 radical (unpaired) electrons. The van der Waals surface area contributed by atoms with Crippen LogP contribution < -0.4 is 10.1 Å². The largest absolute Gasteiger partial charge is 0.489 e. The molecule has 1 aromatic carbocycles. The van der Waals surface area contributed by atoms with E-state index in [-0.39, 0.29) is 0 Å². The first-order chi connectivity index (χ1) is 9.70. The van der Waals surface area contributed by atoms with Gasteiger partial charge in [-0.25, -0.2) is 0 Å². The maximum absolute atomic E-state index is 6.33. The Hall–Kier alpha value is -0.540. The van der Waals surface area contributed by atoms with Gasteiger partial charge in [0.2, 0.25) is 0 Å². The zero-order valence-corrected chi connectivity index (χ0v) is 14.2. The molecule has 112 valence electrons. The van der Waals surface area contributed by atoms with Crippen molar-refractivity contribution in [3.8, 4) is 5.75 Å². The predicted molar refractivity (Wildman–Crippen MR) is 88.2 cm³/mol. The monoisotopic (exact) mass is 339 g/mol. The fourth-order valence-electron chi connectivity index (χ4n) is 2.88. The van der Waals surface area contributed by atoms with Crippen LogP contribution in [0.4, 0.5) is 0 Å². The molecular weight excluding hydrogens is 314 g/mol. The third-order valence-corrected chi connectivity index (χ3v) is 4.59. The maximum Gasteiger partial charge on any atom is 0.138 e. The lowest BCUT2D eigenvalue weighted by molar-refractivity contribution is 0.127. The summed E-state index contributed by atoms with van der Waals surface area (Å²) < 4.78 is 7.41. The van der Waals surface area contributed by atoms with E-state index in [1.165, 1.54) is 31.2 Å². The van der Waals surface area contributed by atoms with E-state index in [0.717, 1.165) is 35.7 Å². The highest BCUT2D eigenvalue weighted by atomic mass is 79.9. The molecule has 3 heteroatoms. The second-order valence-corrected chi connectivity index (χ2v) is 6.77. The minimum atomic E-state index is 0.377. The van der Waals surface area contributed by atoms with E-state index in [1.54, 1.807) is 0 Å². The van der Waals surface area contributed by atoms with Crippen molar-refractivity contribution in [3.05, 3.63) is 28.2 Å². The first kappa shape index (κ1) is 15.8. The van der Waals surface area contributed by atoms with Gasteiger partial charge in [0.25, 0.3) is 0 Å². The zero-order valence-electron chi connectivity index (χ0n) is 12.6. The molecule has 20 heavy (non-hydrogen) atoms. The van der Waals surface area contributed by atoms with E-state index < -0.39 is 0 Å². The molecule has 0 heterocycles. The van der Waals surface area contributed by atoms with E-state index in [0.29, 0.717) is 6.10 Å². The van der Waals surface area contributed by atoms with E-state index >= 15 is 0 Å². The number of ether oxygens (including phenoxy) is 1. The first-order valence-electron chi connectivity index (χ1n) is 7.85. The number of nitrogens with one attached hydrogen (secondary N) is 1. The van der Waals surface area contributed by atoms with Gasteiger partial charge in [0.05, 0.1) is 10.6 Å². The second kappa shape index (κ2) is 8.04. The summed E-state index contributed by atoms with van der Waals surface area (Å²) in [5.74, 6) is 1.83. The molecule has 0 aliphatic heterocycles. The number of rotatable bonds is 6. The predicted octanol–water partition coefficient (Wildman–Crippen LogP) is 4.91. The number of hydrogen-bond donors (Lipinski definition) is 1. The quantitative estimate of drug-likeness (QED) is 0.743. The summed E-state index contributed by atoms with van der Waals surface area (Å²) in [4.78, 5) is 0. The van der Waals surface area contributed by atoms with Crippen LogP contribution in [0.2, 0.25) is 0 Å². The molecule has 2 atom stereocenters. The topological polar surface area (TPSA) is 21.3 Å². The van der Waals surface area contributed by atoms with Crippen LogP contribution in [0.15, 0.2) is 22.7 Å². The van der Waals surface area contributed by atoms with E-state index in [2.05, 4.69) is 53.3 Å². The van der Waals surface area contributed by atoms with Crippen LogP contribution >= 0.6 is 15.9 Å². The van der Waals surface area contributed by atoms with Crippen molar-refractivity contribution in [1.82, 2.24) is 5.32 Å². The Morgan fingerprint density at radius 1 is 1.35 bits per heavy atom. The molecular formula is C17H26BrNO.